The number of rotatable bonds is 10. The molecule has 0 fully saturated rings. The average Bonchev–Trinajstić information content (AvgIpc) is 2.75. The molecule has 0 aliphatic rings. The highest BCUT2D eigenvalue weighted by Gasteiger charge is 2.24. The highest BCUT2D eigenvalue weighted by molar-refractivity contribution is 7.91. The SMILES string of the molecule is CCS(=O)(=O)CCC(NC(=O)/C(=C/c1ccc(OC)cc1)c1ccccc1)C(=O)O. The summed E-state index contributed by atoms with van der Waals surface area (Å²) < 4.78 is 28.6. The predicted molar refractivity (Wildman–Crippen MR) is 116 cm³/mol. The lowest BCUT2D eigenvalue weighted by molar-refractivity contribution is -0.141. The number of benzene rings is 2. The zero-order valence-electron chi connectivity index (χ0n) is 16.9. The van der Waals surface area contributed by atoms with Gasteiger partial charge in [-0.05, 0) is 35.8 Å². The number of amides is 1. The third-order valence-corrected chi connectivity index (χ3v) is 6.25. The van der Waals surface area contributed by atoms with E-state index in [1.165, 1.54) is 6.92 Å². The summed E-state index contributed by atoms with van der Waals surface area (Å²) in [6.45, 7) is 1.49. The third-order valence-electron chi connectivity index (χ3n) is 4.52. The number of methoxy groups -OCH3 is 1. The Hall–Kier alpha value is -3.13. The zero-order valence-corrected chi connectivity index (χ0v) is 17.7. The summed E-state index contributed by atoms with van der Waals surface area (Å²) in [5.41, 5.74) is 1.60. The molecular formula is C22H25NO6S. The molecule has 1 unspecified atom stereocenters. The van der Waals surface area contributed by atoms with Crippen LogP contribution >= 0.6 is 0 Å². The molecule has 7 nitrogen and oxygen atoms in total. The lowest BCUT2D eigenvalue weighted by Gasteiger charge is -2.16. The first-order valence-electron chi connectivity index (χ1n) is 9.41. The maximum atomic E-state index is 13.0. The van der Waals surface area contributed by atoms with Crippen LogP contribution in [0.25, 0.3) is 11.6 Å². The van der Waals surface area contributed by atoms with Crippen LogP contribution in [0.3, 0.4) is 0 Å². The van der Waals surface area contributed by atoms with Crippen LogP contribution in [-0.4, -0.2) is 50.1 Å². The number of aliphatic carboxylic acids is 1. The van der Waals surface area contributed by atoms with E-state index in [1.807, 2.05) is 6.07 Å². The van der Waals surface area contributed by atoms with E-state index in [0.29, 0.717) is 11.3 Å². The number of carbonyl (C=O) groups is 2. The van der Waals surface area contributed by atoms with E-state index in [4.69, 9.17) is 4.74 Å². The molecule has 160 valence electrons. The van der Waals surface area contributed by atoms with Crippen LogP contribution < -0.4 is 10.1 Å². The summed E-state index contributed by atoms with van der Waals surface area (Å²) in [6, 6.07) is 14.6. The van der Waals surface area contributed by atoms with E-state index in [9.17, 15) is 23.1 Å². The first-order valence-corrected chi connectivity index (χ1v) is 11.2. The Morgan fingerprint density at radius 3 is 2.27 bits per heavy atom. The van der Waals surface area contributed by atoms with Crippen molar-refractivity contribution in [3.8, 4) is 5.75 Å². The van der Waals surface area contributed by atoms with E-state index in [2.05, 4.69) is 5.32 Å². The van der Waals surface area contributed by atoms with Crippen LogP contribution in [0, 0.1) is 0 Å². The molecule has 2 aromatic rings. The van der Waals surface area contributed by atoms with Crippen LogP contribution in [0.5, 0.6) is 5.75 Å². The van der Waals surface area contributed by atoms with Crippen LogP contribution in [0.1, 0.15) is 24.5 Å². The summed E-state index contributed by atoms with van der Waals surface area (Å²) in [5.74, 6) is -1.62. The molecule has 0 aromatic heterocycles. The Morgan fingerprint density at radius 2 is 1.73 bits per heavy atom. The number of ether oxygens (including phenoxy) is 1. The standard InChI is InChI=1S/C22H25NO6S/c1-3-30(27,28)14-13-20(22(25)26)23-21(24)19(17-7-5-4-6-8-17)15-16-9-11-18(29-2)12-10-16/h4-12,15,20H,3,13-14H2,1-2H3,(H,23,24)(H,25,26)/b19-15+. The second-order valence-electron chi connectivity index (χ2n) is 6.59. The monoisotopic (exact) mass is 431 g/mol. The van der Waals surface area contributed by atoms with Gasteiger partial charge < -0.3 is 15.2 Å². The Morgan fingerprint density at radius 1 is 1.10 bits per heavy atom. The molecule has 2 rings (SSSR count). The van der Waals surface area contributed by atoms with Gasteiger partial charge >= 0.3 is 5.97 Å². The van der Waals surface area contributed by atoms with Gasteiger partial charge in [0.1, 0.15) is 21.6 Å². The Kier molecular flexibility index (Phi) is 8.17. The van der Waals surface area contributed by atoms with Crippen molar-refractivity contribution in [1.29, 1.82) is 0 Å². The summed E-state index contributed by atoms with van der Waals surface area (Å²) in [6.07, 6.45) is 1.44. The van der Waals surface area contributed by atoms with Crippen molar-refractivity contribution in [1.82, 2.24) is 5.32 Å². The maximum Gasteiger partial charge on any atom is 0.326 e. The van der Waals surface area contributed by atoms with E-state index in [0.717, 1.165) is 5.56 Å². The number of hydrogen-bond acceptors (Lipinski definition) is 5. The van der Waals surface area contributed by atoms with Crippen molar-refractivity contribution < 1.29 is 27.9 Å². The normalized spacial score (nSPS) is 12.8. The molecule has 2 N–H and O–H groups in total. The van der Waals surface area contributed by atoms with Crippen LogP contribution in [-0.2, 0) is 19.4 Å². The van der Waals surface area contributed by atoms with Gasteiger partial charge in [0.05, 0.1) is 12.9 Å². The first kappa shape index (κ1) is 23.2. The van der Waals surface area contributed by atoms with Crippen molar-refractivity contribution in [3.05, 3.63) is 65.7 Å². The molecule has 0 saturated heterocycles. The van der Waals surface area contributed by atoms with Gasteiger partial charge in [-0.3, -0.25) is 4.79 Å². The highest BCUT2D eigenvalue weighted by atomic mass is 32.2. The molecule has 1 atom stereocenters. The maximum absolute atomic E-state index is 13.0. The topological polar surface area (TPSA) is 110 Å². The van der Waals surface area contributed by atoms with Gasteiger partial charge in [0.25, 0.3) is 5.91 Å². The van der Waals surface area contributed by atoms with E-state index in [1.54, 1.807) is 61.7 Å². The summed E-state index contributed by atoms with van der Waals surface area (Å²) in [7, 11) is -1.80. The number of hydrogen-bond donors (Lipinski definition) is 2. The number of carboxylic acid groups (broad SMARTS) is 1. The molecule has 2 aromatic carbocycles. The van der Waals surface area contributed by atoms with Gasteiger partial charge in [-0.15, -0.1) is 0 Å². The fourth-order valence-corrected chi connectivity index (χ4v) is 3.58. The molecule has 0 heterocycles. The number of carbonyl (C=O) groups excluding carboxylic acids is 1. The average molecular weight is 432 g/mol. The van der Waals surface area contributed by atoms with E-state index in [-0.39, 0.29) is 23.5 Å². The molecule has 0 radical (unpaired) electrons. The highest BCUT2D eigenvalue weighted by Crippen LogP contribution is 2.21. The first-order chi connectivity index (χ1) is 14.3. The number of nitrogens with one attached hydrogen (secondary N) is 1. The van der Waals surface area contributed by atoms with Gasteiger partial charge in [-0.1, -0.05) is 49.4 Å². The van der Waals surface area contributed by atoms with Gasteiger partial charge in [0.15, 0.2) is 0 Å². The summed E-state index contributed by atoms with van der Waals surface area (Å²) in [4.78, 5) is 24.5. The fourth-order valence-electron chi connectivity index (χ4n) is 2.70. The minimum absolute atomic E-state index is 0.0834. The second-order valence-corrected chi connectivity index (χ2v) is 9.06. The predicted octanol–water partition coefficient (Wildman–Crippen LogP) is 2.63. The lowest BCUT2D eigenvalue weighted by Crippen LogP contribution is -2.42. The Balaban J connectivity index is 2.31. The van der Waals surface area contributed by atoms with Crippen LogP contribution in [0.2, 0.25) is 0 Å². The molecular weight excluding hydrogens is 406 g/mol. The van der Waals surface area contributed by atoms with Gasteiger partial charge in [0, 0.05) is 11.3 Å². The third kappa shape index (κ3) is 6.73. The molecule has 0 aliphatic carbocycles. The van der Waals surface area contributed by atoms with Crippen molar-refractivity contribution in [2.24, 2.45) is 0 Å². The molecule has 0 aliphatic heterocycles. The number of carboxylic acids is 1. The van der Waals surface area contributed by atoms with Crippen molar-refractivity contribution in [2.45, 2.75) is 19.4 Å². The smallest absolute Gasteiger partial charge is 0.326 e. The number of sulfone groups is 1. The summed E-state index contributed by atoms with van der Waals surface area (Å²) >= 11 is 0. The van der Waals surface area contributed by atoms with Crippen LogP contribution in [0.4, 0.5) is 0 Å². The van der Waals surface area contributed by atoms with Gasteiger partial charge in [-0.2, -0.15) is 0 Å². The fraction of sp³-hybridized carbons (Fsp3) is 0.273. The zero-order chi connectivity index (χ0) is 22.1. The Labute approximate surface area is 176 Å². The molecule has 1 amide bonds. The van der Waals surface area contributed by atoms with Crippen molar-refractivity contribution in [2.75, 3.05) is 18.6 Å². The second kappa shape index (κ2) is 10.6. The van der Waals surface area contributed by atoms with Gasteiger partial charge in [-0.25, -0.2) is 13.2 Å². The molecule has 0 saturated carbocycles. The molecule has 30 heavy (non-hydrogen) atoms. The van der Waals surface area contributed by atoms with E-state index < -0.39 is 27.8 Å². The quantitative estimate of drug-likeness (QED) is 0.442. The Bertz CT molecular complexity index is 998. The minimum atomic E-state index is -3.35. The van der Waals surface area contributed by atoms with Crippen molar-refractivity contribution >= 4 is 33.4 Å². The minimum Gasteiger partial charge on any atom is -0.497 e. The lowest BCUT2D eigenvalue weighted by atomic mass is 10.0. The van der Waals surface area contributed by atoms with Crippen LogP contribution in [0.15, 0.2) is 54.6 Å². The molecule has 8 heteroatoms. The van der Waals surface area contributed by atoms with E-state index >= 15 is 0 Å². The molecule has 0 spiro atoms. The largest absolute Gasteiger partial charge is 0.497 e. The van der Waals surface area contributed by atoms with Gasteiger partial charge in [0.2, 0.25) is 0 Å². The molecule has 0 bridgehead atoms. The summed E-state index contributed by atoms with van der Waals surface area (Å²) in [5, 5.41) is 11.9. The van der Waals surface area contributed by atoms with Crippen molar-refractivity contribution in [3.63, 3.8) is 0 Å².